The van der Waals surface area contributed by atoms with E-state index in [0.29, 0.717) is 38.5 Å². The first-order valence-corrected chi connectivity index (χ1v) is 24.0. The summed E-state index contributed by atoms with van der Waals surface area (Å²) in [5.74, 6) is -3.37. The van der Waals surface area contributed by atoms with Crippen molar-refractivity contribution in [3.8, 4) is 0 Å². The van der Waals surface area contributed by atoms with Gasteiger partial charge in [-0.1, -0.05) is 79.1 Å². The highest BCUT2D eigenvalue weighted by atomic mass is 32.2. The van der Waals surface area contributed by atoms with Gasteiger partial charge in [-0.15, -0.1) is 0 Å². The van der Waals surface area contributed by atoms with E-state index in [1.54, 1.807) is 39.5 Å². The molecular weight excluding hydrogens is 775 g/mol. The number of carbonyl (C=O) groups excluding carboxylic acids is 6. The topological polar surface area (TPSA) is 197 Å². The van der Waals surface area contributed by atoms with E-state index in [4.69, 9.17) is 4.74 Å². The molecule has 59 heavy (non-hydrogen) atoms. The molecule has 336 valence electrons. The highest BCUT2D eigenvalue weighted by Gasteiger charge is 2.51. The Balaban J connectivity index is 1.57. The van der Waals surface area contributed by atoms with Gasteiger partial charge in [0.2, 0.25) is 17.6 Å². The molecule has 1 heterocycles. The van der Waals surface area contributed by atoms with Crippen LogP contribution < -0.4 is 21.3 Å². The summed E-state index contributed by atoms with van der Waals surface area (Å²) in [6, 6.07) is -3.64. The molecule has 0 aromatic rings. The Morgan fingerprint density at radius 1 is 0.847 bits per heavy atom. The quantitative estimate of drug-likeness (QED) is 0.102. The highest BCUT2D eigenvalue weighted by molar-refractivity contribution is 7.92. The Morgan fingerprint density at radius 2 is 1.44 bits per heavy atom. The smallest absolute Gasteiger partial charge is 0.315 e. The number of nitrogens with zero attached hydrogens (tertiary/aromatic N) is 1. The summed E-state index contributed by atoms with van der Waals surface area (Å²) >= 11 is 0. The Hall–Kier alpha value is -3.23. The van der Waals surface area contributed by atoms with E-state index in [9.17, 15) is 32.4 Å². The molecule has 1 saturated heterocycles. The molecular formula is C44H75N5O9S. The Kier molecular flexibility index (Phi) is 16.1. The van der Waals surface area contributed by atoms with Crippen molar-refractivity contribution < 1.29 is 41.9 Å². The van der Waals surface area contributed by atoms with Crippen molar-refractivity contribution in [2.75, 3.05) is 18.8 Å². The second kappa shape index (κ2) is 19.6. The first-order chi connectivity index (χ1) is 27.4. The minimum atomic E-state index is -3.60. The van der Waals surface area contributed by atoms with Crippen LogP contribution in [0.4, 0.5) is 4.79 Å². The number of esters is 1. The fourth-order valence-electron chi connectivity index (χ4n) is 9.26. The number of ketones is 1. The zero-order valence-electron chi connectivity index (χ0n) is 37.4. The Morgan fingerprint density at radius 3 is 1.98 bits per heavy atom. The van der Waals surface area contributed by atoms with Crippen molar-refractivity contribution in [2.45, 2.75) is 199 Å². The van der Waals surface area contributed by atoms with E-state index in [1.807, 2.05) is 27.7 Å². The van der Waals surface area contributed by atoms with E-state index in [2.05, 4.69) is 21.3 Å². The fourth-order valence-corrected chi connectivity index (χ4v) is 11.2. The summed E-state index contributed by atoms with van der Waals surface area (Å²) in [4.78, 5) is 84.2. The van der Waals surface area contributed by atoms with Gasteiger partial charge in [0.1, 0.15) is 17.7 Å². The van der Waals surface area contributed by atoms with Crippen LogP contribution in [0.25, 0.3) is 0 Å². The van der Waals surface area contributed by atoms with Gasteiger partial charge in [-0.3, -0.25) is 24.0 Å². The molecule has 14 nitrogen and oxygen atoms in total. The molecule has 3 saturated carbocycles. The van der Waals surface area contributed by atoms with Crippen molar-refractivity contribution in [3.63, 3.8) is 0 Å². The number of hydrogen-bond acceptors (Lipinski definition) is 9. The average Bonchev–Trinajstić information content (AvgIpc) is 3.85. The summed E-state index contributed by atoms with van der Waals surface area (Å²) in [5.41, 5.74) is -2.29. The van der Waals surface area contributed by atoms with Crippen molar-refractivity contribution in [3.05, 3.63) is 0 Å². The molecule has 0 spiro atoms. The SMILES string of the molecule is CCC(C)(C)S(=O)(=O)CC1(NC(=O)NC(C(=O)N2CCC(C(C)C)C2C(=O)NC(CC2CC2)C(=O)C(=O)NCCC(=O)OC(C)(C)C)C2(C)CCCCC2)CCCCC1. The van der Waals surface area contributed by atoms with Gasteiger partial charge in [-0.25, -0.2) is 13.2 Å². The van der Waals surface area contributed by atoms with Crippen molar-refractivity contribution in [1.29, 1.82) is 0 Å². The number of ether oxygens (including phenoxy) is 1. The van der Waals surface area contributed by atoms with Gasteiger partial charge < -0.3 is 30.9 Å². The van der Waals surface area contributed by atoms with Gasteiger partial charge in [-0.2, -0.15) is 0 Å². The Labute approximate surface area is 353 Å². The molecule has 1 aliphatic heterocycles. The van der Waals surface area contributed by atoms with Crippen LogP contribution >= 0.6 is 0 Å². The fraction of sp³-hybridized carbons (Fsp3) is 0.864. The lowest BCUT2D eigenvalue weighted by atomic mass is 9.70. The normalized spacial score (nSPS) is 23.1. The molecule has 4 fully saturated rings. The van der Waals surface area contributed by atoms with Gasteiger partial charge in [0, 0.05) is 13.1 Å². The second-order valence-corrected chi connectivity index (χ2v) is 23.0. The van der Waals surface area contributed by atoms with E-state index in [-0.39, 0.29) is 55.3 Å². The first kappa shape index (κ1) is 48.4. The molecule has 0 aromatic carbocycles. The molecule has 4 aliphatic rings. The van der Waals surface area contributed by atoms with E-state index in [1.165, 1.54) is 0 Å². The maximum absolute atomic E-state index is 15.1. The van der Waals surface area contributed by atoms with Crippen LogP contribution in [0, 0.1) is 23.2 Å². The summed E-state index contributed by atoms with van der Waals surface area (Å²) in [5, 5.41) is 11.6. The van der Waals surface area contributed by atoms with Gasteiger partial charge in [-0.05, 0) is 103 Å². The zero-order chi connectivity index (χ0) is 44.0. The number of rotatable bonds is 18. The van der Waals surface area contributed by atoms with Crippen LogP contribution in [-0.4, -0.2) is 102 Å². The molecule has 4 N–H and O–H groups in total. The number of amides is 5. The predicted molar refractivity (Wildman–Crippen MR) is 227 cm³/mol. The number of nitrogens with one attached hydrogen (secondary N) is 4. The van der Waals surface area contributed by atoms with Gasteiger partial charge in [0.15, 0.2) is 9.84 Å². The maximum Gasteiger partial charge on any atom is 0.315 e. The molecule has 4 rings (SSSR count). The minimum absolute atomic E-state index is 0.00209. The monoisotopic (exact) mass is 850 g/mol. The van der Waals surface area contributed by atoms with Crippen LogP contribution in [0.5, 0.6) is 0 Å². The maximum atomic E-state index is 15.1. The number of Topliss-reactive ketones (excluding diaryl/α,β-unsaturated/α-hetero) is 1. The summed E-state index contributed by atoms with van der Waals surface area (Å²) in [6.07, 6.45) is 10.6. The number of sulfone groups is 1. The van der Waals surface area contributed by atoms with Crippen LogP contribution in [0.2, 0.25) is 0 Å². The van der Waals surface area contributed by atoms with E-state index >= 15 is 4.79 Å². The molecule has 4 atom stereocenters. The van der Waals surface area contributed by atoms with Crippen LogP contribution in [0.1, 0.15) is 165 Å². The van der Waals surface area contributed by atoms with Crippen LogP contribution in [0.15, 0.2) is 0 Å². The van der Waals surface area contributed by atoms with E-state index in [0.717, 1.165) is 51.4 Å². The number of likely N-dealkylation sites (tertiary alicyclic amines) is 1. The van der Waals surface area contributed by atoms with Crippen LogP contribution in [-0.2, 0) is 38.5 Å². The molecule has 3 aliphatic carbocycles. The summed E-state index contributed by atoms with van der Waals surface area (Å²) < 4.78 is 31.8. The average molecular weight is 850 g/mol. The van der Waals surface area contributed by atoms with Crippen molar-refractivity contribution in [2.24, 2.45) is 23.2 Å². The molecule has 0 radical (unpaired) electrons. The molecule has 0 bridgehead atoms. The van der Waals surface area contributed by atoms with Crippen LogP contribution in [0.3, 0.4) is 0 Å². The lowest BCUT2D eigenvalue weighted by Crippen LogP contribution is -2.64. The number of carbonyl (C=O) groups is 6. The standard InChI is InChI=1S/C44H75N5O9S/c1-10-42(7,8)59(56,57)28-44(23-15-12-16-24-44)48-40(55)47-36(43(9)21-13-11-14-22-43)39(54)49-26-20-31(29(2)3)34(49)37(52)46-32(27-30-17-18-30)35(51)38(53)45-25-19-33(50)58-41(4,5)6/h29-32,34,36H,10-28H2,1-9H3,(H,45,53)(H,46,52)(H2,47,48,55). The van der Waals surface area contributed by atoms with Gasteiger partial charge >= 0.3 is 12.0 Å². The molecule has 0 aromatic heterocycles. The van der Waals surface area contributed by atoms with Gasteiger partial charge in [0.25, 0.3) is 5.91 Å². The Bertz CT molecular complexity index is 1640. The molecule has 15 heteroatoms. The second-order valence-electron chi connectivity index (χ2n) is 20.3. The zero-order valence-corrected chi connectivity index (χ0v) is 38.2. The first-order valence-electron chi connectivity index (χ1n) is 22.4. The summed E-state index contributed by atoms with van der Waals surface area (Å²) in [6.45, 7) is 16.7. The highest BCUT2D eigenvalue weighted by Crippen LogP contribution is 2.42. The molecule has 5 amide bonds. The third kappa shape index (κ3) is 12.9. The number of hydrogen-bond donors (Lipinski definition) is 4. The van der Waals surface area contributed by atoms with Crippen molar-refractivity contribution >= 4 is 45.3 Å². The van der Waals surface area contributed by atoms with E-state index < -0.39 is 78.9 Å². The van der Waals surface area contributed by atoms with Crippen molar-refractivity contribution in [1.82, 2.24) is 26.2 Å². The summed E-state index contributed by atoms with van der Waals surface area (Å²) in [7, 11) is -3.60. The lowest BCUT2D eigenvalue weighted by molar-refractivity contribution is -0.154. The van der Waals surface area contributed by atoms with Gasteiger partial charge in [0.05, 0.1) is 28.5 Å². The minimum Gasteiger partial charge on any atom is -0.460 e. The molecule has 4 unspecified atom stereocenters. The predicted octanol–water partition coefficient (Wildman–Crippen LogP) is 5.51. The largest absolute Gasteiger partial charge is 0.460 e. The number of urea groups is 1. The lowest BCUT2D eigenvalue weighted by Gasteiger charge is -2.44. The third-order valence-electron chi connectivity index (χ3n) is 13.6. The third-order valence-corrected chi connectivity index (χ3v) is 16.5.